The highest BCUT2D eigenvalue weighted by molar-refractivity contribution is 5.99. The number of nitrogens with zero attached hydrogens (tertiary/aromatic N) is 1. The predicted molar refractivity (Wildman–Crippen MR) is 81.1 cm³/mol. The average molecular weight is 308 g/mol. The summed E-state index contributed by atoms with van der Waals surface area (Å²) in [5, 5.41) is 11.2. The van der Waals surface area contributed by atoms with Crippen molar-refractivity contribution in [3.8, 4) is 0 Å². The minimum absolute atomic E-state index is 0.144. The van der Waals surface area contributed by atoms with Crippen LogP contribution in [0.1, 0.15) is 37.8 Å². The first kappa shape index (κ1) is 15.9. The average Bonchev–Trinajstić information content (AvgIpc) is 2.92. The molecule has 0 atom stereocenters. The van der Waals surface area contributed by atoms with Crippen molar-refractivity contribution >= 4 is 17.5 Å². The lowest BCUT2D eigenvalue weighted by atomic mass is 10.1. The first-order valence-corrected chi connectivity index (χ1v) is 7.02. The molecule has 0 unspecified atom stereocenters. The van der Waals surface area contributed by atoms with E-state index in [2.05, 4.69) is 20.8 Å². The highest BCUT2D eigenvalue weighted by atomic mass is 19.1. The number of carbonyl (C=O) groups excluding carboxylic acids is 1. The van der Waals surface area contributed by atoms with E-state index in [1.165, 1.54) is 6.07 Å². The minimum atomic E-state index is -0.821. The summed E-state index contributed by atoms with van der Waals surface area (Å²) < 4.78 is 27.8. The number of aryl methyl sites for hydroxylation is 1. The summed E-state index contributed by atoms with van der Waals surface area (Å²) >= 11 is 0. The Balaban J connectivity index is 2.18. The molecule has 0 spiro atoms. The number of rotatable bonds is 4. The Morgan fingerprint density at radius 1 is 1.32 bits per heavy atom. The van der Waals surface area contributed by atoms with Crippen LogP contribution < -0.4 is 10.6 Å². The molecule has 0 radical (unpaired) electrons. The monoisotopic (exact) mass is 308 g/mol. The zero-order chi connectivity index (χ0) is 16.3. The Bertz CT molecular complexity index is 682. The molecule has 1 heterocycles. The van der Waals surface area contributed by atoms with Gasteiger partial charge < -0.3 is 5.32 Å². The lowest BCUT2D eigenvalue weighted by Crippen LogP contribution is -2.22. The quantitative estimate of drug-likeness (QED) is 0.798. The van der Waals surface area contributed by atoms with Crippen LogP contribution in [0.3, 0.4) is 0 Å². The molecule has 1 aromatic carbocycles. The van der Waals surface area contributed by atoms with Crippen molar-refractivity contribution in [1.29, 1.82) is 0 Å². The van der Waals surface area contributed by atoms with E-state index in [9.17, 15) is 13.6 Å². The molecule has 3 N–H and O–H groups in total. The first-order valence-electron chi connectivity index (χ1n) is 7.02. The van der Waals surface area contributed by atoms with E-state index >= 15 is 0 Å². The van der Waals surface area contributed by atoms with Gasteiger partial charge in [0.25, 0.3) is 0 Å². The summed E-state index contributed by atoms with van der Waals surface area (Å²) in [6.07, 6.45) is 2.00. The highest BCUT2D eigenvalue weighted by Crippen LogP contribution is 2.24. The number of amides is 2. The van der Waals surface area contributed by atoms with Crippen molar-refractivity contribution < 1.29 is 13.6 Å². The van der Waals surface area contributed by atoms with Gasteiger partial charge in [-0.15, -0.1) is 0 Å². The normalized spacial score (nSPS) is 10.8. The van der Waals surface area contributed by atoms with Crippen LogP contribution >= 0.6 is 0 Å². The molecule has 0 bridgehead atoms. The van der Waals surface area contributed by atoms with Crippen molar-refractivity contribution in [1.82, 2.24) is 10.2 Å². The van der Waals surface area contributed by atoms with Crippen LogP contribution in [-0.4, -0.2) is 16.2 Å². The van der Waals surface area contributed by atoms with Gasteiger partial charge in [-0.25, -0.2) is 13.6 Å². The van der Waals surface area contributed by atoms with Gasteiger partial charge in [-0.3, -0.25) is 10.4 Å². The zero-order valence-electron chi connectivity index (χ0n) is 12.6. The lowest BCUT2D eigenvalue weighted by Gasteiger charge is -2.12. The van der Waals surface area contributed by atoms with Crippen molar-refractivity contribution in [3.63, 3.8) is 0 Å². The molecule has 0 aliphatic rings. The third kappa shape index (κ3) is 3.24. The molecule has 0 saturated heterocycles. The zero-order valence-corrected chi connectivity index (χ0v) is 12.6. The van der Waals surface area contributed by atoms with Gasteiger partial charge in [0.1, 0.15) is 17.3 Å². The summed E-state index contributed by atoms with van der Waals surface area (Å²) in [5.41, 5.74) is 0.682. The number of urea groups is 1. The fourth-order valence-electron chi connectivity index (χ4n) is 2.07. The molecule has 2 aromatic rings. The smallest absolute Gasteiger partial charge is 0.303 e. The lowest BCUT2D eigenvalue weighted by molar-refractivity contribution is 0.262. The van der Waals surface area contributed by atoms with Gasteiger partial charge in [0, 0.05) is 5.56 Å². The van der Waals surface area contributed by atoms with E-state index < -0.39 is 23.4 Å². The second kappa shape index (κ2) is 6.55. The number of hydrogen-bond donors (Lipinski definition) is 3. The Hall–Kier alpha value is -2.44. The molecular formula is C15H18F2N4O. The standard InChI is InChI=1S/C15H18F2N4O/c1-4-9-5-6-11(16)13(12(9)17)19-15(22)20-14-10(8(2)3)7-18-21-14/h5-8H,4H2,1-3H3,(H3,18,19,20,21,22). The van der Waals surface area contributed by atoms with E-state index in [0.717, 1.165) is 11.6 Å². The van der Waals surface area contributed by atoms with E-state index in [0.29, 0.717) is 17.8 Å². The summed E-state index contributed by atoms with van der Waals surface area (Å²) in [7, 11) is 0. The van der Waals surface area contributed by atoms with Crippen LogP contribution in [0, 0.1) is 11.6 Å². The van der Waals surface area contributed by atoms with Crippen LogP contribution in [0.15, 0.2) is 18.3 Å². The SMILES string of the molecule is CCc1ccc(F)c(NC(=O)Nc2[nH]ncc2C(C)C)c1F. The summed E-state index contributed by atoms with van der Waals surface area (Å²) in [5.74, 6) is -1.03. The van der Waals surface area contributed by atoms with Crippen LogP contribution in [0.25, 0.3) is 0 Å². The maximum absolute atomic E-state index is 14.1. The number of carbonyl (C=O) groups is 1. The highest BCUT2D eigenvalue weighted by Gasteiger charge is 2.17. The molecule has 2 amide bonds. The number of anilines is 2. The number of halogens is 2. The largest absolute Gasteiger partial charge is 0.325 e. The van der Waals surface area contributed by atoms with Crippen LogP contribution in [0.4, 0.5) is 25.1 Å². The number of hydrogen-bond acceptors (Lipinski definition) is 2. The number of aromatic nitrogens is 2. The van der Waals surface area contributed by atoms with Gasteiger partial charge in [-0.2, -0.15) is 5.10 Å². The molecule has 118 valence electrons. The molecule has 0 aliphatic carbocycles. The Labute approximate surface area is 127 Å². The van der Waals surface area contributed by atoms with Crippen molar-refractivity contribution in [2.45, 2.75) is 33.1 Å². The Kier molecular flexibility index (Phi) is 4.75. The van der Waals surface area contributed by atoms with E-state index in [1.807, 2.05) is 13.8 Å². The molecule has 5 nitrogen and oxygen atoms in total. The minimum Gasteiger partial charge on any atom is -0.303 e. The van der Waals surface area contributed by atoms with E-state index in [-0.39, 0.29) is 5.92 Å². The number of H-pyrrole nitrogens is 1. The molecule has 22 heavy (non-hydrogen) atoms. The topological polar surface area (TPSA) is 69.8 Å². The molecule has 1 aromatic heterocycles. The van der Waals surface area contributed by atoms with Gasteiger partial charge >= 0.3 is 6.03 Å². The van der Waals surface area contributed by atoms with E-state index in [1.54, 1.807) is 13.1 Å². The number of nitrogens with one attached hydrogen (secondary N) is 3. The predicted octanol–water partition coefficient (Wildman–Crippen LogP) is 4.02. The van der Waals surface area contributed by atoms with Crippen molar-refractivity contribution in [3.05, 3.63) is 41.1 Å². The molecule has 7 heteroatoms. The molecule has 0 aliphatic heterocycles. The van der Waals surface area contributed by atoms with Crippen LogP contribution in [-0.2, 0) is 6.42 Å². The summed E-state index contributed by atoms with van der Waals surface area (Å²) in [6, 6.07) is 1.75. The number of benzene rings is 1. The van der Waals surface area contributed by atoms with Gasteiger partial charge in [0.05, 0.1) is 6.20 Å². The second-order valence-electron chi connectivity index (χ2n) is 5.18. The Morgan fingerprint density at radius 3 is 2.68 bits per heavy atom. The molecule has 2 rings (SSSR count). The summed E-state index contributed by atoms with van der Waals surface area (Å²) in [4.78, 5) is 12.0. The third-order valence-corrected chi connectivity index (χ3v) is 3.32. The molecule has 0 saturated carbocycles. The van der Waals surface area contributed by atoms with E-state index in [4.69, 9.17) is 0 Å². The summed E-state index contributed by atoms with van der Waals surface area (Å²) in [6.45, 7) is 5.63. The first-order chi connectivity index (χ1) is 10.4. The Morgan fingerprint density at radius 2 is 2.05 bits per heavy atom. The van der Waals surface area contributed by atoms with Gasteiger partial charge in [0.2, 0.25) is 0 Å². The fraction of sp³-hybridized carbons (Fsp3) is 0.333. The van der Waals surface area contributed by atoms with Crippen molar-refractivity contribution in [2.24, 2.45) is 0 Å². The van der Waals surface area contributed by atoms with Crippen molar-refractivity contribution in [2.75, 3.05) is 10.6 Å². The molecule has 0 fully saturated rings. The third-order valence-electron chi connectivity index (χ3n) is 3.32. The maximum Gasteiger partial charge on any atom is 0.325 e. The van der Waals surface area contributed by atoms with Gasteiger partial charge in [0.15, 0.2) is 5.82 Å². The molecular weight excluding hydrogens is 290 g/mol. The van der Waals surface area contributed by atoms with Crippen LogP contribution in [0.2, 0.25) is 0 Å². The maximum atomic E-state index is 14.1. The van der Waals surface area contributed by atoms with Gasteiger partial charge in [-0.05, 0) is 24.0 Å². The van der Waals surface area contributed by atoms with Crippen LogP contribution in [0.5, 0.6) is 0 Å². The van der Waals surface area contributed by atoms with Gasteiger partial charge in [-0.1, -0.05) is 26.8 Å². The second-order valence-corrected chi connectivity index (χ2v) is 5.18. The fourth-order valence-corrected chi connectivity index (χ4v) is 2.07. The number of aromatic amines is 1.